The highest BCUT2D eigenvalue weighted by Crippen LogP contribution is 2.64. The molecule has 0 amide bonds. The average molecular weight is 482 g/mol. The fourth-order valence-electron chi connectivity index (χ4n) is 1.38. The van der Waals surface area contributed by atoms with Gasteiger partial charge in [-0.25, -0.2) is 8.78 Å². The monoisotopic (exact) mass is 482 g/mol. The molecule has 0 saturated heterocycles. The summed E-state index contributed by atoms with van der Waals surface area (Å²) in [6.07, 6.45) is -10.1. The summed E-state index contributed by atoms with van der Waals surface area (Å²) >= 11 is 0. The predicted octanol–water partition coefficient (Wildman–Crippen LogP) is 6.78. The number of hydrogen-bond acceptors (Lipinski definition) is 0. The Morgan fingerprint density at radius 3 is 0.897 bits per heavy atom. The van der Waals surface area contributed by atoms with Crippen molar-refractivity contribution in [3.63, 3.8) is 0 Å². The van der Waals surface area contributed by atoms with Crippen molar-refractivity contribution in [1.82, 2.24) is 0 Å². The van der Waals surface area contributed by atoms with Gasteiger partial charge in [-0.15, -0.1) is 0 Å². The Bertz CT molecular complexity index is 634. The van der Waals surface area contributed by atoms with Crippen molar-refractivity contribution in [2.24, 2.45) is 0 Å². The van der Waals surface area contributed by atoms with Gasteiger partial charge in [-0.3, -0.25) is 0 Å². The van der Waals surface area contributed by atoms with Crippen LogP contribution in [0.3, 0.4) is 0 Å². The van der Waals surface area contributed by atoms with Crippen LogP contribution in [0.4, 0.5) is 83.4 Å². The molecule has 0 unspecified atom stereocenters. The van der Waals surface area contributed by atoms with Gasteiger partial charge in [0.1, 0.15) is 6.33 Å². The third kappa shape index (κ3) is 3.27. The second-order valence-electron chi connectivity index (χ2n) is 4.98. The van der Waals surface area contributed by atoms with E-state index in [0.29, 0.717) is 0 Å². The second-order valence-corrected chi connectivity index (χ2v) is 4.98. The maximum atomic E-state index is 13.1. The fourth-order valence-corrected chi connectivity index (χ4v) is 1.38. The minimum atomic E-state index is -8.82. The van der Waals surface area contributed by atoms with E-state index in [4.69, 9.17) is 0 Å². The maximum Gasteiger partial charge on any atom is 0.460 e. The highest BCUT2D eigenvalue weighted by molar-refractivity contribution is 5.19. The van der Waals surface area contributed by atoms with Gasteiger partial charge in [0.05, 0.1) is 0 Å². The first kappa shape index (κ1) is 27.4. The molecule has 0 nitrogen and oxygen atoms in total. The van der Waals surface area contributed by atoms with Crippen molar-refractivity contribution >= 4 is 0 Å². The van der Waals surface area contributed by atoms with Crippen LogP contribution >= 0.6 is 0 Å². The molecule has 0 fully saturated rings. The third-order valence-corrected chi connectivity index (χ3v) is 3.12. The van der Waals surface area contributed by atoms with Crippen LogP contribution < -0.4 is 0 Å². The number of hydrogen-bond donors (Lipinski definition) is 0. The second kappa shape index (κ2) is 6.71. The first-order valence-electron chi connectivity index (χ1n) is 5.91. The van der Waals surface area contributed by atoms with Crippen LogP contribution in [-0.2, 0) is 0 Å². The lowest BCUT2D eigenvalue weighted by molar-refractivity contribution is -0.460. The Morgan fingerprint density at radius 1 is 0.414 bits per heavy atom. The first-order valence-corrected chi connectivity index (χ1v) is 5.91. The normalized spacial score (nSPS) is 17.0. The Hall–Kier alpha value is -1.59. The molecule has 0 radical (unpaired) electrons. The molecule has 0 rings (SSSR count). The molecule has 0 spiro atoms. The van der Waals surface area contributed by atoms with Gasteiger partial charge >= 0.3 is 47.6 Å². The summed E-state index contributed by atoms with van der Waals surface area (Å²) < 4.78 is 239. The predicted molar refractivity (Wildman–Crippen MR) is 51.0 cm³/mol. The van der Waals surface area contributed by atoms with E-state index in [2.05, 4.69) is 0 Å². The van der Waals surface area contributed by atoms with E-state index in [9.17, 15) is 83.4 Å². The molecule has 0 aliphatic rings. The number of halogens is 19. The third-order valence-electron chi connectivity index (χ3n) is 3.12. The summed E-state index contributed by atoms with van der Waals surface area (Å²) in [4.78, 5) is 0. The highest BCUT2D eigenvalue weighted by atomic mass is 19.4. The Balaban J connectivity index is 6.81. The van der Waals surface area contributed by atoms with Gasteiger partial charge in [0.25, 0.3) is 0 Å². The van der Waals surface area contributed by atoms with Crippen LogP contribution in [0.5, 0.6) is 0 Å². The van der Waals surface area contributed by atoms with Crippen molar-refractivity contribution < 1.29 is 83.4 Å². The molecule has 0 aliphatic carbocycles. The van der Waals surface area contributed by atoms with Gasteiger partial charge < -0.3 is 0 Å². The molecule has 0 atom stereocenters. The van der Waals surface area contributed by atoms with Gasteiger partial charge in [-0.05, 0) is 0 Å². The zero-order valence-corrected chi connectivity index (χ0v) is 12.3. The van der Waals surface area contributed by atoms with Crippen LogP contribution in [-0.4, -0.2) is 47.6 Å². The van der Waals surface area contributed by atoms with Crippen molar-refractivity contribution in [2.75, 3.05) is 0 Å². The average Bonchev–Trinajstić information content (AvgIpc) is 2.51. The quantitative estimate of drug-likeness (QED) is 0.352. The Labute approximate surface area is 144 Å². The molecule has 0 aliphatic heterocycles. The lowest BCUT2D eigenvalue weighted by Crippen LogP contribution is -2.74. The van der Waals surface area contributed by atoms with Crippen molar-refractivity contribution in [3.8, 4) is 0 Å². The molecule has 0 aromatic carbocycles. The largest absolute Gasteiger partial charge is 0.460 e. The van der Waals surface area contributed by atoms with Crippen molar-refractivity contribution in [1.29, 1.82) is 0 Å². The van der Waals surface area contributed by atoms with Crippen LogP contribution in [0.1, 0.15) is 0 Å². The number of rotatable bonds is 7. The van der Waals surface area contributed by atoms with E-state index in [1.807, 2.05) is 0 Å². The van der Waals surface area contributed by atoms with E-state index in [0.717, 1.165) is 0 Å². The Kier molecular flexibility index (Phi) is 6.34. The van der Waals surface area contributed by atoms with Crippen LogP contribution in [0, 0.1) is 0 Å². The molecule has 0 aromatic heterocycles. The first-order chi connectivity index (χ1) is 12.2. The Morgan fingerprint density at radius 2 is 0.655 bits per heavy atom. The molecule has 174 valence electrons. The summed E-state index contributed by atoms with van der Waals surface area (Å²) in [6, 6.07) is 0. The molecule has 0 N–H and O–H groups in total. The summed E-state index contributed by atoms with van der Waals surface area (Å²) in [5, 5.41) is 0. The van der Waals surface area contributed by atoms with Gasteiger partial charge in [-0.1, -0.05) is 0 Å². The van der Waals surface area contributed by atoms with Gasteiger partial charge in [0.2, 0.25) is 5.83 Å². The van der Waals surface area contributed by atoms with Crippen LogP contribution in [0.2, 0.25) is 0 Å². The van der Waals surface area contributed by atoms with E-state index in [1.54, 1.807) is 0 Å². The summed E-state index contributed by atoms with van der Waals surface area (Å²) in [7, 11) is 0. The van der Waals surface area contributed by atoms with Crippen molar-refractivity contribution in [3.05, 3.63) is 12.2 Å². The lowest BCUT2D eigenvalue weighted by atomic mass is 9.89. The zero-order chi connectivity index (χ0) is 24.3. The molecule has 29 heavy (non-hydrogen) atoms. The molecule has 0 bridgehead atoms. The van der Waals surface area contributed by atoms with E-state index < -0.39 is 59.8 Å². The summed E-state index contributed by atoms with van der Waals surface area (Å²) in [5.74, 6) is -63.3. The van der Waals surface area contributed by atoms with Crippen LogP contribution in [0.15, 0.2) is 12.2 Å². The number of allylic oxidation sites excluding steroid dienone is 1. The van der Waals surface area contributed by atoms with Gasteiger partial charge in [0.15, 0.2) is 0 Å². The minimum Gasteiger partial charge on any atom is -0.212 e. The number of alkyl halides is 17. The topological polar surface area (TPSA) is 0 Å². The standard InChI is InChI=1S/C10HF19/c11-1-2(12)3(13,14)4(15,16)5(17,18)6(19,20)7(21,22)8(23,24)9(25,26)10(27,28)29/h1H/b2-1-. The zero-order valence-electron chi connectivity index (χ0n) is 12.3. The van der Waals surface area contributed by atoms with Gasteiger partial charge in [0, 0.05) is 0 Å². The molecule has 0 saturated carbocycles. The summed E-state index contributed by atoms with van der Waals surface area (Å²) in [6.45, 7) is 0. The smallest absolute Gasteiger partial charge is 0.212 e. The maximum absolute atomic E-state index is 13.1. The van der Waals surface area contributed by atoms with E-state index >= 15 is 0 Å². The minimum absolute atomic E-state index is 2.27. The fraction of sp³-hybridized carbons (Fsp3) is 0.800. The van der Waals surface area contributed by atoms with Crippen LogP contribution in [0.25, 0.3) is 0 Å². The molecule has 0 aromatic rings. The van der Waals surface area contributed by atoms with E-state index in [-0.39, 0.29) is 0 Å². The molecule has 19 heteroatoms. The van der Waals surface area contributed by atoms with Crippen molar-refractivity contribution in [2.45, 2.75) is 47.6 Å². The molecular weight excluding hydrogens is 481 g/mol. The molecular formula is C10HF19. The van der Waals surface area contributed by atoms with Gasteiger partial charge in [-0.2, -0.15) is 74.6 Å². The molecule has 0 heterocycles. The SMILES string of the molecule is F/C=C(\F)C(F)(F)C(F)(F)C(F)(F)C(F)(F)C(F)(F)C(F)(F)C(F)(F)C(F)(F)F. The summed E-state index contributed by atoms with van der Waals surface area (Å²) in [5.41, 5.74) is 0. The van der Waals surface area contributed by atoms with E-state index in [1.165, 1.54) is 0 Å². The lowest BCUT2D eigenvalue weighted by Gasteiger charge is -2.42. The highest BCUT2D eigenvalue weighted by Gasteiger charge is 2.95.